The van der Waals surface area contributed by atoms with Gasteiger partial charge in [-0.1, -0.05) is 18.2 Å². The minimum Gasteiger partial charge on any atom is -0.478 e. The molecule has 2 aromatic rings. The molecule has 170 valence electrons. The molecule has 0 fully saturated rings. The molecule has 0 atom stereocenters. The van der Waals surface area contributed by atoms with Crippen LogP contribution in [0.3, 0.4) is 0 Å². The van der Waals surface area contributed by atoms with Crippen molar-refractivity contribution in [3.8, 4) is 0 Å². The highest BCUT2D eigenvalue weighted by atomic mass is 16.6. The van der Waals surface area contributed by atoms with Crippen molar-refractivity contribution in [3.05, 3.63) is 68.6 Å². The van der Waals surface area contributed by atoms with Crippen LogP contribution in [0.2, 0.25) is 0 Å². The van der Waals surface area contributed by atoms with E-state index in [-0.39, 0.29) is 23.8 Å². The van der Waals surface area contributed by atoms with E-state index in [0.29, 0.717) is 19.5 Å². The molecule has 9 nitrogen and oxygen atoms in total. The second-order valence-corrected chi connectivity index (χ2v) is 8.67. The number of ether oxygens (including phenoxy) is 1. The maximum Gasteiger partial charge on any atom is 0.410 e. The maximum atomic E-state index is 12.8. The Bertz CT molecular complexity index is 1130. The summed E-state index contributed by atoms with van der Waals surface area (Å²) in [5.74, 6) is -1.87. The molecule has 32 heavy (non-hydrogen) atoms. The number of hydrogen-bond acceptors (Lipinski definition) is 5. The number of fused-ring (bicyclic) bond motifs is 1. The number of amides is 2. The molecule has 1 aromatic carbocycles. The summed E-state index contributed by atoms with van der Waals surface area (Å²) < 4.78 is 6.70. The second-order valence-electron chi connectivity index (χ2n) is 8.67. The van der Waals surface area contributed by atoms with E-state index in [2.05, 4.69) is 5.32 Å². The summed E-state index contributed by atoms with van der Waals surface area (Å²) in [6.07, 6.45) is 1.43. The predicted molar refractivity (Wildman–Crippen MR) is 117 cm³/mol. The lowest BCUT2D eigenvalue weighted by atomic mass is 9.94. The molecule has 2 heterocycles. The number of carbonyl (C=O) groups is 3. The van der Waals surface area contributed by atoms with Gasteiger partial charge in [0.25, 0.3) is 11.5 Å². The Balaban J connectivity index is 1.93. The number of carboxylic acid groups (broad SMARTS) is 1. The molecule has 0 radical (unpaired) electrons. The van der Waals surface area contributed by atoms with E-state index in [1.54, 1.807) is 4.90 Å². The van der Waals surface area contributed by atoms with Crippen molar-refractivity contribution in [3.63, 3.8) is 0 Å². The normalized spacial score (nSPS) is 13.3. The smallest absolute Gasteiger partial charge is 0.410 e. The molecule has 0 aliphatic carbocycles. The molecule has 0 saturated heterocycles. The second kappa shape index (κ2) is 8.86. The Labute approximate surface area is 185 Å². The Morgan fingerprint density at radius 1 is 1.22 bits per heavy atom. The van der Waals surface area contributed by atoms with Gasteiger partial charge in [-0.15, -0.1) is 0 Å². The number of aromatic nitrogens is 1. The third-order valence-electron chi connectivity index (χ3n) is 5.16. The van der Waals surface area contributed by atoms with Crippen LogP contribution in [-0.4, -0.2) is 51.7 Å². The number of carboxylic acids is 1. The number of aromatic carboxylic acids is 1. The van der Waals surface area contributed by atoms with E-state index in [9.17, 15) is 24.3 Å². The highest BCUT2D eigenvalue weighted by Crippen LogP contribution is 2.24. The van der Waals surface area contributed by atoms with Gasteiger partial charge >= 0.3 is 12.1 Å². The Kier molecular flexibility index (Phi) is 6.38. The quantitative estimate of drug-likeness (QED) is 0.751. The standard InChI is InChI=1S/C23H27N3O6/c1-23(2,3)32-22(31)25-9-8-17-14(11-25)6-5-7-15(17)12-26-13-16(21(29)30)10-18(20(26)28)19(27)24-4/h5-7,10,13H,8-9,11-12H2,1-4H3,(H,24,27)(H,29,30). The molecule has 1 aliphatic rings. The number of pyridine rings is 1. The number of benzene rings is 1. The summed E-state index contributed by atoms with van der Waals surface area (Å²) in [7, 11) is 1.38. The van der Waals surface area contributed by atoms with Gasteiger partial charge in [-0.25, -0.2) is 9.59 Å². The van der Waals surface area contributed by atoms with Crippen LogP contribution < -0.4 is 10.9 Å². The molecular weight excluding hydrogens is 414 g/mol. The van der Waals surface area contributed by atoms with E-state index < -0.39 is 23.0 Å². The fraction of sp³-hybridized carbons (Fsp3) is 0.391. The first-order chi connectivity index (χ1) is 15.0. The summed E-state index contributed by atoms with van der Waals surface area (Å²) >= 11 is 0. The zero-order valence-corrected chi connectivity index (χ0v) is 18.6. The van der Waals surface area contributed by atoms with Crippen LogP contribution in [0.5, 0.6) is 0 Å². The van der Waals surface area contributed by atoms with Crippen molar-refractivity contribution in [2.24, 2.45) is 0 Å². The van der Waals surface area contributed by atoms with Gasteiger partial charge in [-0.2, -0.15) is 0 Å². The topological polar surface area (TPSA) is 118 Å². The van der Waals surface area contributed by atoms with Crippen molar-refractivity contribution in [2.45, 2.75) is 45.9 Å². The molecule has 0 spiro atoms. The van der Waals surface area contributed by atoms with Gasteiger partial charge in [0.05, 0.1) is 12.1 Å². The lowest BCUT2D eigenvalue weighted by molar-refractivity contribution is 0.0223. The van der Waals surface area contributed by atoms with Crippen LogP contribution in [0.4, 0.5) is 4.79 Å². The van der Waals surface area contributed by atoms with Gasteiger partial charge in [0.2, 0.25) is 0 Å². The molecule has 1 aliphatic heterocycles. The number of carbonyl (C=O) groups excluding carboxylic acids is 2. The van der Waals surface area contributed by atoms with Crippen LogP contribution in [-0.2, 0) is 24.2 Å². The lowest BCUT2D eigenvalue weighted by Gasteiger charge is -2.32. The van der Waals surface area contributed by atoms with Crippen LogP contribution in [0.1, 0.15) is 58.2 Å². The Morgan fingerprint density at radius 2 is 1.94 bits per heavy atom. The van der Waals surface area contributed by atoms with Crippen LogP contribution in [0, 0.1) is 0 Å². The van der Waals surface area contributed by atoms with E-state index in [4.69, 9.17) is 4.74 Å². The van der Waals surface area contributed by atoms with E-state index in [0.717, 1.165) is 22.8 Å². The van der Waals surface area contributed by atoms with Crippen LogP contribution in [0.25, 0.3) is 0 Å². The summed E-state index contributed by atoms with van der Waals surface area (Å²) in [5, 5.41) is 11.8. The van der Waals surface area contributed by atoms with E-state index >= 15 is 0 Å². The largest absolute Gasteiger partial charge is 0.478 e. The molecule has 0 bridgehead atoms. The molecule has 0 unspecified atom stereocenters. The fourth-order valence-corrected chi connectivity index (χ4v) is 3.67. The van der Waals surface area contributed by atoms with Crippen molar-refractivity contribution in [1.82, 2.24) is 14.8 Å². The Hall–Kier alpha value is -3.62. The minimum atomic E-state index is -1.23. The number of rotatable bonds is 4. The molecular formula is C23H27N3O6. The minimum absolute atomic E-state index is 0.111. The van der Waals surface area contributed by atoms with Gasteiger partial charge in [-0.05, 0) is 49.9 Å². The molecule has 2 N–H and O–H groups in total. The van der Waals surface area contributed by atoms with Crippen molar-refractivity contribution in [2.75, 3.05) is 13.6 Å². The first-order valence-electron chi connectivity index (χ1n) is 10.3. The predicted octanol–water partition coefficient (Wildman–Crippen LogP) is 2.25. The molecule has 1 aromatic heterocycles. The molecule has 3 rings (SSSR count). The van der Waals surface area contributed by atoms with Gasteiger partial charge < -0.3 is 24.6 Å². The third-order valence-corrected chi connectivity index (χ3v) is 5.16. The van der Waals surface area contributed by atoms with Gasteiger partial charge in [0.1, 0.15) is 11.2 Å². The average molecular weight is 441 g/mol. The van der Waals surface area contributed by atoms with Gasteiger partial charge in [-0.3, -0.25) is 9.59 Å². The zero-order chi connectivity index (χ0) is 23.6. The first kappa shape index (κ1) is 23.1. The van der Waals surface area contributed by atoms with E-state index in [1.807, 2.05) is 39.0 Å². The van der Waals surface area contributed by atoms with E-state index in [1.165, 1.54) is 17.8 Å². The molecule has 9 heteroatoms. The van der Waals surface area contributed by atoms with Crippen LogP contribution in [0.15, 0.2) is 35.3 Å². The van der Waals surface area contributed by atoms with Crippen LogP contribution >= 0.6 is 0 Å². The summed E-state index contributed by atoms with van der Waals surface area (Å²) in [6.45, 7) is 6.41. The Morgan fingerprint density at radius 3 is 2.56 bits per heavy atom. The molecule has 2 amide bonds. The maximum absolute atomic E-state index is 12.8. The summed E-state index contributed by atoms with van der Waals surface area (Å²) in [5.41, 5.74) is 1.24. The van der Waals surface area contributed by atoms with Gasteiger partial charge in [0.15, 0.2) is 0 Å². The first-order valence-corrected chi connectivity index (χ1v) is 10.3. The third kappa shape index (κ3) is 4.99. The lowest BCUT2D eigenvalue weighted by Crippen LogP contribution is -2.40. The number of nitrogens with zero attached hydrogens (tertiary/aromatic N) is 2. The number of nitrogens with one attached hydrogen (secondary N) is 1. The monoisotopic (exact) mass is 441 g/mol. The van der Waals surface area contributed by atoms with Crippen molar-refractivity contribution in [1.29, 1.82) is 0 Å². The molecule has 0 saturated carbocycles. The van der Waals surface area contributed by atoms with Crippen molar-refractivity contribution < 1.29 is 24.2 Å². The highest BCUT2D eigenvalue weighted by molar-refractivity contribution is 5.96. The van der Waals surface area contributed by atoms with Gasteiger partial charge in [0, 0.05) is 26.3 Å². The SMILES string of the molecule is CNC(=O)c1cc(C(=O)O)cn(Cc2cccc3c2CCN(C(=O)OC(C)(C)C)C3)c1=O. The summed E-state index contributed by atoms with van der Waals surface area (Å²) in [4.78, 5) is 50.5. The van der Waals surface area contributed by atoms with Crippen molar-refractivity contribution >= 4 is 18.0 Å². The fourth-order valence-electron chi connectivity index (χ4n) is 3.67. The summed E-state index contributed by atoms with van der Waals surface area (Å²) in [6, 6.07) is 6.70. The number of hydrogen-bond donors (Lipinski definition) is 2. The highest BCUT2D eigenvalue weighted by Gasteiger charge is 2.27. The zero-order valence-electron chi connectivity index (χ0n) is 18.6. The average Bonchev–Trinajstić information content (AvgIpc) is 2.73.